The van der Waals surface area contributed by atoms with Crippen LogP contribution in [0.25, 0.3) is 0 Å². The molecule has 0 amide bonds. The fourth-order valence-electron chi connectivity index (χ4n) is 3.48. The van der Waals surface area contributed by atoms with E-state index in [1.165, 1.54) is 5.56 Å². The van der Waals surface area contributed by atoms with E-state index in [0.717, 1.165) is 50.3 Å². The summed E-state index contributed by atoms with van der Waals surface area (Å²) in [6.45, 7) is 7.06. The monoisotopic (exact) mass is 337 g/mol. The van der Waals surface area contributed by atoms with E-state index >= 15 is 0 Å². The molecule has 1 fully saturated rings. The molecule has 0 atom stereocenters. The Hall–Kier alpha value is -2.07. The number of carbonyl (C=O) groups is 1. The molecule has 0 aliphatic carbocycles. The Morgan fingerprint density at radius 3 is 2.36 bits per heavy atom. The Morgan fingerprint density at radius 1 is 1.12 bits per heavy atom. The first-order valence-corrected chi connectivity index (χ1v) is 9.23. The van der Waals surface area contributed by atoms with Crippen molar-refractivity contribution in [3.63, 3.8) is 0 Å². The van der Waals surface area contributed by atoms with Gasteiger partial charge in [-0.25, -0.2) is 9.97 Å². The molecule has 0 N–H and O–H groups in total. The van der Waals surface area contributed by atoms with E-state index in [1.807, 2.05) is 18.2 Å². The molecule has 2 aromatic rings. The SMILES string of the molecule is CC(C)Cc1ccc(C(=O)C2CCN(Cc3ncccn3)CC2)cc1. The van der Waals surface area contributed by atoms with Crippen LogP contribution in [0.1, 0.15) is 48.4 Å². The van der Waals surface area contributed by atoms with Crippen molar-refractivity contribution < 1.29 is 4.79 Å². The highest BCUT2D eigenvalue weighted by Crippen LogP contribution is 2.23. The van der Waals surface area contributed by atoms with Crippen LogP contribution in [0, 0.1) is 11.8 Å². The van der Waals surface area contributed by atoms with E-state index in [4.69, 9.17) is 0 Å². The lowest BCUT2D eigenvalue weighted by Crippen LogP contribution is -2.36. The van der Waals surface area contributed by atoms with Crippen molar-refractivity contribution in [1.82, 2.24) is 14.9 Å². The molecule has 4 heteroatoms. The summed E-state index contributed by atoms with van der Waals surface area (Å²) >= 11 is 0. The Morgan fingerprint density at radius 2 is 1.76 bits per heavy atom. The van der Waals surface area contributed by atoms with E-state index in [-0.39, 0.29) is 5.92 Å². The van der Waals surface area contributed by atoms with Crippen LogP contribution in [0.2, 0.25) is 0 Å². The molecule has 1 aromatic heterocycles. The highest BCUT2D eigenvalue weighted by Gasteiger charge is 2.26. The first-order valence-electron chi connectivity index (χ1n) is 9.23. The van der Waals surface area contributed by atoms with Crippen molar-refractivity contribution in [3.8, 4) is 0 Å². The lowest BCUT2D eigenvalue weighted by molar-refractivity contribution is 0.0833. The number of ketones is 1. The number of carbonyl (C=O) groups excluding carboxylic acids is 1. The fraction of sp³-hybridized carbons (Fsp3) is 0.476. The van der Waals surface area contributed by atoms with Gasteiger partial charge in [-0.15, -0.1) is 0 Å². The molecule has 1 saturated heterocycles. The third-order valence-corrected chi connectivity index (χ3v) is 4.83. The highest BCUT2D eigenvalue weighted by molar-refractivity contribution is 5.97. The molecule has 4 nitrogen and oxygen atoms in total. The molecule has 2 heterocycles. The van der Waals surface area contributed by atoms with E-state index in [1.54, 1.807) is 12.4 Å². The zero-order chi connectivity index (χ0) is 17.6. The van der Waals surface area contributed by atoms with Crippen molar-refractivity contribution >= 4 is 5.78 Å². The topological polar surface area (TPSA) is 46.1 Å². The molecule has 1 aromatic carbocycles. The van der Waals surface area contributed by atoms with Crippen molar-refractivity contribution in [1.29, 1.82) is 0 Å². The van der Waals surface area contributed by atoms with Crippen LogP contribution < -0.4 is 0 Å². The second-order valence-electron chi connectivity index (χ2n) is 7.37. The first kappa shape index (κ1) is 17.7. The summed E-state index contributed by atoms with van der Waals surface area (Å²) in [6, 6.07) is 10.1. The molecule has 132 valence electrons. The van der Waals surface area contributed by atoms with Gasteiger partial charge in [0.05, 0.1) is 6.54 Å². The molecular weight excluding hydrogens is 310 g/mol. The summed E-state index contributed by atoms with van der Waals surface area (Å²) in [6.07, 6.45) is 6.45. The summed E-state index contributed by atoms with van der Waals surface area (Å²) in [7, 11) is 0. The maximum atomic E-state index is 12.8. The van der Waals surface area contributed by atoms with Crippen molar-refractivity contribution in [2.75, 3.05) is 13.1 Å². The van der Waals surface area contributed by atoms with Gasteiger partial charge in [-0.2, -0.15) is 0 Å². The van der Waals surface area contributed by atoms with Gasteiger partial charge < -0.3 is 0 Å². The number of hydrogen-bond acceptors (Lipinski definition) is 4. The van der Waals surface area contributed by atoms with Gasteiger partial charge >= 0.3 is 0 Å². The average Bonchev–Trinajstić information content (AvgIpc) is 2.63. The molecular formula is C21H27N3O. The van der Waals surface area contributed by atoms with Gasteiger partial charge in [0.15, 0.2) is 5.78 Å². The zero-order valence-electron chi connectivity index (χ0n) is 15.2. The number of rotatable bonds is 6. The summed E-state index contributed by atoms with van der Waals surface area (Å²) < 4.78 is 0. The number of likely N-dealkylation sites (tertiary alicyclic amines) is 1. The van der Waals surface area contributed by atoms with Gasteiger partial charge in [0.25, 0.3) is 0 Å². The Balaban J connectivity index is 1.52. The van der Waals surface area contributed by atoms with Crippen LogP contribution in [-0.4, -0.2) is 33.7 Å². The van der Waals surface area contributed by atoms with E-state index in [9.17, 15) is 4.79 Å². The standard InChI is InChI=1S/C21H27N3O/c1-16(2)14-17-4-6-18(7-5-17)21(25)19-8-12-24(13-9-19)15-20-22-10-3-11-23-20/h3-7,10-11,16,19H,8-9,12-15H2,1-2H3. The smallest absolute Gasteiger partial charge is 0.166 e. The predicted octanol–water partition coefficient (Wildman–Crippen LogP) is 3.77. The van der Waals surface area contributed by atoms with Gasteiger partial charge in [-0.05, 0) is 49.9 Å². The summed E-state index contributed by atoms with van der Waals surface area (Å²) in [5, 5.41) is 0. The third kappa shape index (κ3) is 4.95. The molecule has 1 aliphatic rings. The van der Waals surface area contributed by atoms with Crippen LogP contribution in [0.15, 0.2) is 42.7 Å². The number of Topliss-reactive ketones (excluding diaryl/α,β-unsaturated/α-hetero) is 1. The van der Waals surface area contributed by atoms with Gasteiger partial charge in [0.1, 0.15) is 5.82 Å². The largest absolute Gasteiger partial charge is 0.296 e. The van der Waals surface area contributed by atoms with Gasteiger partial charge in [-0.1, -0.05) is 38.1 Å². The quantitative estimate of drug-likeness (QED) is 0.753. The van der Waals surface area contributed by atoms with E-state index in [2.05, 4.69) is 40.8 Å². The predicted molar refractivity (Wildman–Crippen MR) is 99.3 cm³/mol. The normalized spacial score (nSPS) is 16.3. The summed E-state index contributed by atoms with van der Waals surface area (Å²) in [4.78, 5) is 23.7. The maximum absolute atomic E-state index is 12.8. The minimum atomic E-state index is 0.142. The van der Waals surface area contributed by atoms with Crippen LogP contribution in [0.4, 0.5) is 0 Å². The van der Waals surface area contributed by atoms with E-state index < -0.39 is 0 Å². The lowest BCUT2D eigenvalue weighted by atomic mass is 9.88. The second kappa shape index (κ2) is 8.34. The fourth-order valence-corrected chi connectivity index (χ4v) is 3.48. The first-order chi connectivity index (χ1) is 12.1. The van der Waals surface area contributed by atoms with Gasteiger partial charge in [0.2, 0.25) is 0 Å². The molecule has 25 heavy (non-hydrogen) atoms. The number of hydrogen-bond donors (Lipinski definition) is 0. The highest BCUT2D eigenvalue weighted by atomic mass is 16.1. The molecule has 1 aliphatic heterocycles. The average molecular weight is 337 g/mol. The lowest BCUT2D eigenvalue weighted by Gasteiger charge is -2.30. The van der Waals surface area contributed by atoms with Crippen molar-refractivity contribution in [2.24, 2.45) is 11.8 Å². The maximum Gasteiger partial charge on any atom is 0.166 e. The Bertz CT molecular complexity index is 674. The van der Waals surface area contributed by atoms with Crippen LogP contribution >= 0.6 is 0 Å². The minimum Gasteiger partial charge on any atom is -0.296 e. The minimum absolute atomic E-state index is 0.142. The summed E-state index contributed by atoms with van der Waals surface area (Å²) in [5.74, 6) is 1.93. The van der Waals surface area contributed by atoms with Crippen molar-refractivity contribution in [2.45, 2.75) is 39.7 Å². The Kier molecular flexibility index (Phi) is 5.92. The molecule has 0 unspecified atom stereocenters. The van der Waals surface area contributed by atoms with Gasteiger partial charge in [0, 0.05) is 23.9 Å². The van der Waals surface area contributed by atoms with Gasteiger partial charge in [-0.3, -0.25) is 9.69 Å². The summed E-state index contributed by atoms with van der Waals surface area (Å²) in [5.41, 5.74) is 2.17. The van der Waals surface area contributed by atoms with Crippen LogP contribution in [-0.2, 0) is 13.0 Å². The molecule has 0 bridgehead atoms. The molecule has 0 radical (unpaired) electrons. The van der Waals surface area contributed by atoms with E-state index in [0.29, 0.717) is 11.7 Å². The molecule has 0 spiro atoms. The van der Waals surface area contributed by atoms with Crippen LogP contribution in [0.5, 0.6) is 0 Å². The second-order valence-corrected chi connectivity index (χ2v) is 7.37. The zero-order valence-corrected chi connectivity index (χ0v) is 15.2. The number of nitrogens with zero attached hydrogens (tertiary/aromatic N) is 3. The van der Waals surface area contributed by atoms with Crippen LogP contribution in [0.3, 0.4) is 0 Å². The number of aromatic nitrogens is 2. The number of benzene rings is 1. The molecule has 0 saturated carbocycles. The molecule has 3 rings (SSSR count). The number of piperidine rings is 1. The Labute approximate surface area is 150 Å². The third-order valence-electron chi connectivity index (χ3n) is 4.83. The van der Waals surface area contributed by atoms with Crippen molar-refractivity contribution in [3.05, 3.63) is 59.7 Å².